The maximum atomic E-state index is 14.9. The van der Waals surface area contributed by atoms with Gasteiger partial charge in [-0.3, -0.25) is 9.59 Å². The zero-order valence-corrected chi connectivity index (χ0v) is 31.8. The van der Waals surface area contributed by atoms with Crippen molar-refractivity contribution in [1.82, 2.24) is 25.4 Å². The van der Waals surface area contributed by atoms with E-state index in [1.807, 2.05) is 16.0 Å². The molecule has 0 radical (unpaired) electrons. The van der Waals surface area contributed by atoms with Crippen molar-refractivity contribution in [3.8, 4) is 0 Å². The lowest BCUT2D eigenvalue weighted by atomic mass is 9.83. The molecule has 5 unspecified atom stereocenters. The summed E-state index contributed by atoms with van der Waals surface area (Å²) in [6.07, 6.45) is 10.6. The van der Waals surface area contributed by atoms with Crippen LogP contribution in [0.25, 0.3) is 10.9 Å². The minimum Gasteiger partial charge on any atom is -0.444 e. The predicted octanol–water partition coefficient (Wildman–Crippen LogP) is 7.15. The van der Waals surface area contributed by atoms with Crippen molar-refractivity contribution in [3.63, 3.8) is 0 Å². The van der Waals surface area contributed by atoms with Gasteiger partial charge in [0.15, 0.2) is 0 Å². The van der Waals surface area contributed by atoms with E-state index in [2.05, 4.69) is 15.6 Å². The van der Waals surface area contributed by atoms with Crippen LogP contribution in [0.2, 0.25) is 0 Å². The Balaban J connectivity index is 1.35. The summed E-state index contributed by atoms with van der Waals surface area (Å²) in [4.78, 5) is 63.1. The van der Waals surface area contributed by atoms with Crippen molar-refractivity contribution < 1.29 is 33.0 Å². The highest BCUT2D eigenvalue weighted by atomic mass is 19.1. The first-order chi connectivity index (χ1) is 24.6. The number of amides is 4. The molecule has 5 atom stereocenters. The largest absolute Gasteiger partial charge is 0.444 e. The summed E-state index contributed by atoms with van der Waals surface area (Å²) in [6.45, 7) is 11.5. The van der Waals surface area contributed by atoms with E-state index in [0.717, 1.165) is 75.2 Å². The molecular weight excluding hydrogens is 665 g/mol. The van der Waals surface area contributed by atoms with E-state index in [9.17, 15) is 23.6 Å². The number of fused-ring (bicyclic) bond motifs is 2. The summed E-state index contributed by atoms with van der Waals surface area (Å²) >= 11 is 0. The van der Waals surface area contributed by atoms with Crippen molar-refractivity contribution in [3.05, 3.63) is 35.8 Å². The zero-order chi connectivity index (χ0) is 37.4. The van der Waals surface area contributed by atoms with Crippen LogP contribution >= 0.6 is 0 Å². The van der Waals surface area contributed by atoms with Gasteiger partial charge in [-0.2, -0.15) is 0 Å². The quantitative estimate of drug-likeness (QED) is 0.278. The van der Waals surface area contributed by atoms with Crippen LogP contribution in [0.3, 0.4) is 0 Å². The van der Waals surface area contributed by atoms with Gasteiger partial charge in [-0.15, -0.1) is 0 Å². The molecule has 1 aromatic carbocycles. The van der Waals surface area contributed by atoms with E-state index < -0.39 is 35.5 Å². The lowest BCUT2D eigenvalue weighted by molar-refractivity contribution is -0.138. The number of nitrogens with one attached hydrogen (secondary N) is 3. The number of aromatic amines is 1. The summed E-state index contributed by atoms with van der Waals surface area (Å²) in [7, 11) is 0. The Labute approximate surface area is 307 Å². The lowest BCUT2D eigenvalue weighted by Gasteiger charge is -2.36. The molecule has 2 saturated carbocycles. The zero-order valence-electron chi connectivity index (χ0n) is 31.8. The number of hydrogen-bond donors (Lipinski definition) is 3. The summed E-state index contributed by atoms with van der Waals surface area (Å²) in [5.41, 5.74) is 0.101. The Kier molecular flexibility index (Phi) is 11.1. The molecule has 4 amide bonds. The topological polar surface area (TPSA) is 133 Å². The average molecular weight is 724 g/mol. The molecule has 2 saturated heterocycles. The number of alkyl carbamates (subject to hydrolysis) is 2. The normalized spacial score (nSPS) is 24.3. The van der Waals surface area contributed by atoms with Crippen LogP contribution in [0.4, 0.5) is 14.0 Å². The molecule has 3 N–H and O–H groups in total. The summed E-state index contributed by atoms with van der Waals surface area (Å²) in [6, 6.07) is 2.41. The van der Waals surface area contributed by atoms with Crippen LogP contribution in [0.5, 0.6) is 0 Å². The third-order valence-corrected chi connectivity index (χ3v) is 11.4. The van der Waals surface area contributed by atoms with Gasteiger partial charge in [0.1, 0.15) is 29.1 Å². The number of hydrogen-bond acceptors (Lipinski definition) is 6. The Bertz CT molecular complexity index is 1560. The first-order valence-electron chi connectivity index (χ1n) is 19.5. The van der Waals surface area contributed by atoms with E-state index in [0.29, 0.717) is 25.0 Å². The lowest BCUT2D eigenvalue weighted by Crippen LogP contribution is -2.56. The van der Waals surface area contributed by atoms with Crippen LogP contribution in [-0.4, -0.2) is 87.2 Å². The number of benzene rings is 1. The van der Waals surface area contributed by atoms with E-state index in [-0.39, 0.29) is 47.5 Å². The molecule has 0 spiro atoms. The highest BCUT2D eigenvalue weighted by Gasteiger charge is 2.55. The molecule has 6 rings (SSSR count). The van der Waals surface area contributed by atoms with Crippen molar-refractivity contribution in [2.24, 2.45) is 11.8 Å². The number of halogens is 1. The number of ether oxygens (including phenoxy) is 2. The third-order valence-electron chi connectivity index (χ3n) is 11.4. The van der Waals surface area contributed by atoms with Gasteiger partial charge < -0.3 is 34.9 Å². The molecule has 0 bridgehead atoms. The van der Waals surface area contributed by atoms with Crippen molar-refractivity contribution in [2.75, 3.05) is 13.1 Å². The second kappa shape index (κ2) is 15.3. The molecule has 4 aliphatic rings. The van der Waals surface area contributed by atoms with Crippen LogP contribution < -0.4 is 10.6 Å². The van der Waals surface area contributed by atoms with E-state index in [4.69, 9.17) is 9.47 Å². The van der Waals surface area contributed by atoms with E-state index in [1.54, 1.807) is 47.6 Å². The third kappa shape index (κ3) is 8.52. The monoisotopic (exact) mass is 723 g/mol. The fourth-order valence-corrected chi connectivity index (χ4v) is 9.22. The van der Waals surface area contributed by atoms with Gasteiger partial charge >= 0.3 is 12.2 Å². The molecule has 1 aromatic heterocycles. The number of aromatic nitrogens is 1. The van der Waals surface area contributed by atoms with Crippen molar-refractivity contribution in [1.29, 1.82) is 0 Å². The smallest absolute Gasteiger partial charge is 0.408 e. The first kappa shape index (κ1) is 37.9. The molecule has 2 aliphatic heterocycles. The average Bonchev–Trinajstić information content (AvgIpc) is 3.79. The van der Waals surface area contributed by atoms with Crippen molar-refractivity contribution in [2.45, 2.75) is 153 Å². The SMILES string of the molecule is CC(C)(C)OC(=O)NC(C(=O)N1CC(c2c[nH]c3cc(F)ccc23)C2C1CCN2C(=O)C(NC(=O)OC(C)(C)C)C1CCCCC1)C1CCCCC1. The number of H-pyrrole nitrogens is 1. The molecule has 12 heteroatoms. The maximum Gasteiger partial charge on any atom is 0.408 e. The second-order valence-corrected chi connectivity index (χ2v) is 17.5. The number of rotatable bonds is 7. The van der Waals surface area contributed by atoms with Crippen LogP contribution in [0.15, 0.2) is 24.4 Å². The minimum atomic E-state index is -0.764. The van der Waals surface area contributed by atoms with Gasteiger partial charge in [0.2, 0.25) is 11.8 Å². The van der Waals surface area contributed by atoms with Crippen LogP contribution in [0, 0.1) is 17.7 Å². The fraction of sp³-hybridized carbons (Fsp3) is 0.700. The molecule has 2 aromatic rings. The number of likely N-dealkylation sites (tertiary alicyclic amines) is 2. The Morgan fingerprint density at radius 3 is 1.81 bits per heavy atom. The second-order valence-electron chi connectivity index (χ2n) is 17.5. The number of nitrogens with zero attached hydrogens (tertiary/aromatic N) is 2. The Morgan fingerprint density at radius 1 is 0.769 bits per heavy atom. The van der Waals surface area contributed by atoms with Gasteiger partial charge in [0, 0.05) is 36.1 Å². The highest BCUT2D eigenvalue weighted by molar-refractivity contribution is 5.90. The van der Waals surface area contributed by atoms with E-state index >= 15 is 0 Å². The predicted molar refractivity (Wildman–Crippen MR) is 196 cm³/mol. The Hall–Kier alpha value is -3.83. The first-order valence-corrected chi connectivity index (χ1v) is 19.5. The van der Waals surface area contributed by atoms with E-state index in [1.165, 1.54) is 12.1 Å². The summed E-state index contributed by atoms with van der Waals surface area (Å²) in [5, 5.41) is 6.80. The van der Waals surface area contributed by atoms with Crippen LogP contribution in [0.1, 0.15) is 124 Å². The minimum absolute atomic E-state index is 0.0322. The van der Waals surface area contributed by atoms with Gasteiger partial charge in [0.05, 0.1) is 12.1 Å². The molecule has 286 valence electrons. The summed E-state index contributed by atoms with van der Waals surface area (Å²) < 4.78 is 25.6. The molecule has 11 nitrogen and oxygen atoms in total. The standard InChI is InChI=1S/C40H58FN5O6/c1-39(2,3)51-37(49)43-32(24-13-9-7-10-14-24)35(47)45-20-19-31-34(45)29(28-22-42-30-21-26(41)17-18-27(28)30)23-46(31)36(48)33(25-15-11-8-12-16-25)44-38(50)52-40(4,5)6/h17-18,21-22,24-25,29,31-34,42H,7-16,19-20,23H2,1-6H3,(H,43,49)(H,44,50). The molecule has 4 fully saturated rings. The maximum absolute atomic E-state index is 14.9. The summed E-state index contributed by atoms with van der Waals surface area (Å²) in [5.74, 6) is -1.03. The van der Waals surface area contributed by atoms with Gasteiger partial charge in [-0.1, -0.05) is 38.5 Å². The fourth-order valence-electron chi connectivity index (χ4n) is 9.22. The van der Waals surface area contributed by atoms with Gasteiger partial charge in [-0.25, -0.2) is 14.0 Å². The van der Waals surface area contributed by atoms with Crippen LogP contribution in [-0.2, 0) is 19.1 Å². The van der Waals surface area contributed by atoms with Gasteiger partial charge in [0.25, 0.3) is 0 Å². The molecular formula is C40H58FN5O6. The number of carbonyl (C=O) groups is 4. The molecule has 52 heavy (non-hydrogen) atoms. The highest BCUT2D eigenvalue weighted by Crippen LogP contribution is 2.45. The molecule has 2 aliphatic carbocycles. The Morgan fingerprint density at radius 2 is 1.29 bits per heavy atom. The van der Waals surface area contributed by atoms with Crippen molar-refractivity contribution >= 4 is 34.9 Å². The molecule has 3 heterocycles. The van der Waals surface area contributed by atoms with Gasteiger partial charge in [-0.05, 0) is 109 Å². The number of carbonyl (C=O) groups excluding carboxylic acids is 4.